The molecule has 0 radical (unpaired) electrons. The van der Waals surface area contributed by atoms with Gasteiger partial charge in [0, 0.05) is 6.04 Å². The first-order valence-corrected chi connectivity index (χ1v) is 8.20. The quantitative estimate of drug-likeness (QED) is 0.770. The molecule has 112 valence electrons. The lowest BCUT2D eigenvalue weighted by atomic mass is 9.91. The minimum atomic E-state index is -0.140. The van der Waals surface area contributed by atoms with Gasteiger partial charge in [0.15, 0.2) is 0 Å². The van der Waals surface area contributed by atoms with Crippen molar-refractivity contribution in [2.24, 2.45) is 11.8 Å². The van der Waals surface area contributed by atoms with Crippen LogP contribution in [0.4, 0.5) is 4.39 Å². The van der Waals surface area contributed by atoms with Gasteiger partial charge in [0.05, 0.1) is 0 Å². The molecule has 3 atom stereocenters. The minimum Gasteiger partial charge on any atom is -0.313 e. The van der Waals surface area contributed by atoms with Crippen LogP contribution in [-0.2, 0) is 6.42 Å². The number of nitrogens with one attached hydrogen (secondary N) is 1. The lowest BCUT2D eigenvalue weighted by molar-refractivity contribution is 0.344. The predicted octanol–water partition coefficient (Wildman–Crippen LogP) is 4.56. The Bertz CT molecular complexity index is 387. The van der Waals surface area contributed by atoms with Gasteiger partial charge >= 0.3 is 0 Å². The maximum absolute atomic E-state index is 13.0. The fraction of sp³-hybridized carbons (Fsp3) is 0.667. The summed E-state index contributed by atoms with van der Waals surface area (Å²) in [5.74, 6) is 1.56. The second-order valence-corrected chi connectivity index (χ2v) is 6.24. The molecule has 1 aromatic carbocycles. The zero-order chi connectivity index (χ0) is 14.4. The zero-order valence-electron chi connectivity index (χ0n) is 12.9. The van der Waals surface area contributed by atoms with Gasteiger partial charge in [-0.3, -0.25) is 0 Å². The monoisotopic (exact) mass is 277 g/mol. The van der Waals surface area contributed by atoms with E-state index in [4.69, 9.17) is 0 Å². The molecule has 0 aromatic heterocycles. The van der Waals surface area contributed by atoms with Gasteiger partial charge in [0.2, 0.25) is 0 Å². The van der Waals surface area contributed by atoms with Gasteiger partial charge in [0.1, 0.15) is 5.82 Å². The number of hydrogen-bond donors (Lipinski definition) is 1. The van der Waals surface area contributed by atoms with Gasteiger partial charge in [-0.2, -0.15) is 0 Å². The Kier molecular flexibility index (Phi) is 6.03. The number of hydrogen-bond acceptors (Lipinski definition) is 1. The van der Waals surface area contributed by atoms with Gasteiger partial charge in [-0.1, -0.05) is 38.8 Å². The van der Waals surface area contributed by atoms with Crippen molar-refractivity contribution in [3.63, 3.8) is 0 Å². The Hall–Kier alpha value is -0.890. The molecule has 0 heterocycles. The molecule has 0 bridgehead atoms. The number of halogens is 1. The molecule has 1 fully saturated rings. The Morgan fingerprint density at radius 1 is 1.20 bits per heavy atom. The van der Waals surface area contributed by atoms with Crippen LogP contribution >= 0.6 is 0 Å². The van der Waals surface area contributed by atoms with Crippen LogP contribution in [0.5, 0.6) is 0 Å². The second kappa shape index (κ2) is 7.78. The molecule has 2 rings (SSSR count). The van der Waals surface area contributed by atoms with E-state index < -0.39 is 0 Å². The molecular formula is C18H28FN. The van der Waals surface area contributed by atoms with E-state index in [1.807, 2.05) is 12.1 Å². The maximum Gasteiger partial charge on any atom is 0.123 e. The van der Waals surface area contributed by atoms with Crippen LogP contribution in [0.1, 0.15) is 51.5 Å². The highest BCUT2D eigenvalue weighted by atomic mass is 19.1. The third-order valence-electron chi connectivity index (χ3n) is 4.75. The predicted molar refractivity (Wildman–Crippen MR) is 83.3 cm³/mol. The van der Waals surface area contributed by atoms with Crippen molar-refractivity contribution in [3.05, 3.63) is 35.6 Å². The van der Waals surface area contributed by atoms with E-state index >= 15 is 0 Å². The normalized spacial score (nSPS) is 23.9. The van der Waals surface area contributed by atoms with Crippen LogP contribution in [-0.4, -0.2) is 12.6 Å². The van der Waals surface area contributed by atoms with E-state index in [0.717, 1.165) is 24.8 Å². The summed E-state index contributed by atoms with van der Waals surface area (Å²) in [6.07, 6.45) is 7.60. The van der Waals surface area contributed by atoms with E-state index in [9.17, 15) is 4.39 Å². The first kappa shape index (κ1) is 15.5. The van der Waals surface area contributed by atoms with Crippen molar-refractivity contribution in [1.29, 1.82) is 0 Å². The molecule has 1 aromatic rings. The minimum absolute atomic E-state index is 0.140. The SMILES string of the molecule is CCCNC(Cc1ccc(F)cc1)C1CCC(CC)C1. The van der Waals surface area contributed by atoms with Crippen LogP contribution < -0.4 is 5.32 Å². The molecule has 3 unspecified atom stereocenters. The molecule has 0 spiro atoms. The Labute approximate surface area is 123 Å². The molecule has 0 aliphatic heterocycles. The van der Waals surface area contributed by atoms with E-state index in [1.54, 1.807) is 12.1 Å². The standard InChI is InChI=1S/C18H28FN/c1-3-11-20-18(16-8-5-14(4-2)12-16)13-15-6-9-17(19)10-7-15/h6-7,9-10,14,16,18,20H,3-5,8,11-13H2,1-2H3. The summed E-state index contributed by atoms with van der Waals surface area (Å²) in [6.45, 7) is 5.60. The first-order chi connectivity index (χ1) is 9.72. The van der Waals surface area contributed by atoms with E-state index in [0.29, 0.717) is 6.04 Å². The van der Waals surface area contributed by atoms with Crippen molar-refractivity contribution < 1.29 is 4.39 Å². The zero-order valence-corrected chi connectivity index (χ0v) is 12.9. The maximum atomic E-state index is 13.0. The highest BCUT2D eigenvalue weighted by molar-refractivity contribution is 5.17. The van der Waals surface area contributed by atoms with Gasteiger partial charge in [-0.15, -0.1) is 0 Å². The molecule has 2 heteroatoms. The Morgan fingerprint density at radius 2 is 1.95 bits per heavy atom. The average molecular weight is 277 g/mol. The molecule has 1 N–H and O–H groups in total. The van der Waals surface area contributed by atoms with Gasteiger partial charge < -0.3 is 5.32 Å². The van der Waals surface area contributed by atoms with Crippen LogP contribution in [0.15, 0.2) is 24.3 Å². The highest BCUT2D eigenvalue weighted by Crippen LogP contribution is 2.35. The smallest absolute Gasteiger partial charge is 0.123 e. The van der Waals surface area contributed by atoms with Crippen LogP contribution in [0.3, 0.4) is 0 Å². The van der Waals surface area contributed by atoms with Crippen molar-refractivity contribution >= 4 is 0 Å². The van der Waals surface area contributed by atoms with E-state index in [2.05, 4.69) is 19.2 Å². The molecule has 0 saturated heterocycles. The first-order valence-electron chi connectivity index (χ1n) is 8.20. The summed E-state index contributed by atoms with van der Waals surface area (Å²) in [4.78, 5) is 0. The van der Waals surface area contributed by atoms with Gasteiger partial charge in [-0.25, -0.2) is 4.39 Å². The van der Waals surface area contributed by atoms with Crippen molar-refractivity contribution in [3.8, 4) is 0 Å². The third-order valence-corrected chi connectivity index (χ3v) is 4.75. The average Bonchev–Trinajstić information content (AvgIpc) is 2.94. The topological polar surface area (TPSA) is 12.0 Å². The molecule has 20 heavy (non-hydrogen) atoms. The van der Waals surface area contributed by atoms with Gasteiger partial charge in [0.25, 0.3) is 0 Å². The van der Waals surface area contributed by atoms with Crippen molar-refractivity contribution in [1.82, 2.24) is 5.32 Å². The fourth-order valence-electron chi connectivity index (χ4n) is 3.46. The number of benzene rings is 1. The summed E-state index contributed by atoms with van der Waals surface area (Å²) in [5.41, 5.74) is 1.25. The lowest BCUT2D eigenvalue weighted by Crippen LogP contribution is -2.37. The fourth-order valence-corrected chi connectivity index (χ4v) is 3.46. The van der Waals surface area contributed by atoms with Crippen molar-refractivity contribution in [2.75, 3.05) is 6.54 Å². The largest absolute Gasteiger partial charge is 0.313 e. The molecule has 1 nitrogen and oxygen atoms in total. The molecule has 1 aliphatic carbocycles. The molecule has 1 aliphatic rings. The summed E-state index contributed by atoms with van der Waals surface area (Å²) in [5, 5.41) is 3.73. The summed E-state index contributed by atoms with van der Waals surface area (Å²) in [7, 11) is 0. The third kappa shape index (κ3) is 4.31. The molecule has 1 saturated carbocycles. The second-order valence-electron chi connectivity index (χ2n) is 6.24. The Morgan fingerprint density at radius 3 is 2.55 bits per heavy atom. The summed E-state index contributed by atoms with van der Waals surface area (Å²) < 4.78 is 13.0. The van der Waals surface area contributed by atoms with E-state index in [1.165, 1.54) is 37.7 Å². The van der Waals surface area contributed by atoms with Crippen molar-refractivity contribution in [2.45, 2.75) is 58.4 Å². The van der Waals surface area contributed by atoms with Crippen LogP contribution in [0.25, 0.3) is 0 Å². The van der Waals surface area contributed by atoms with E-state index in [-0.39, 0.29) is 5.82 Å². The molecular weight excluding hydrogens is 249 g/mol. The van der Waals surface area contributed by atoms with Gasteiger partial charge in [-0.05, 0) is 61.8 Å². The summed E-state index contributed by atoms with van der Waals surface area (Å²) in [6, 6.07) is 7.58. The number of rotatable bonds is 7. The lowest BCUT2D eigenvalue weighted by Gasteiger charge is -2.25. The summed E-state index contributed by atoms with van der Waals surface area (Å²) >= 11 is 0. The highest BCUT2D eigenvalue weighted by Gasteiger charge is 2.29. The van der Waals surface area contributed by atoms with Crippen LogP contribution in [0, 0.1) is 17.7 Å². The van der Waals surface area contributed by atoms with Crippen LogP contribution in [0.2, 0.25) is 0 Å². The Balaban J connectivity index is 1.98. The molecule has 0 amide bonds.